The minimum Gasteiger partial charge on any atom is -0.391 e. The first-order valence-corrected chi connectivity index (χ1v) is 7.88. The van der Waals surface area contributed by atoms with Gasteiger partial charge in [0.1, 0.15) is 12.0 Å². The maximum atomic E-state index is 12.2. The van der Waals surface area contributed by atoms with Gasteiger partial charge in [-0.1, -0.05) is 13.8 Å². The zero-order chi connectivity index (χ0) is 15.9. The molecule has 1 spiro atoms. The largest absolute Gasteiger partial charge is 0.391 e. The monoisotopic (exact) mass is 304 g/mol. The van der Waals surface area contributed by atoms with Crippen LogP contribution in [0.1, 0.15) is 37.2 Å². The van der Waals surface area contributed by atoms with Crippen molar-refractivity contribution in [3.63, 3.8) is 0 Å². The van der Waals surface area contributed by atoms with Crippen molar-refractivity contribution >= 4 is 5.91 Å². The maximum Gasteiger partial charge on any atom is 0.270 e. The lowest BCUT2D eigenvalue weighted by Crippen LogP contribution is -2.64. The van der Waals surface area contributed by atoms with Gasteiger partial charge in [0.15, 0.2) is 0 Å². The molecule has 2 aliphatic rings. The first-order chi connectivity index (χ1) is 10.4. The average molecular weight is 304 g/mol. The Kier molecular flexibility index (Phi) is 3.91. The van der Waals surface area contributed by atoms with E-state index in [0.717, 1.165) is 19.4 Å². The molecule has 1 aromatic heterocycles. The van der Waals surface area contributed by atoms with Gasteiger partial charge >= 0.3 is 0 Å². The van der Waals surface area contributed by atoms with Crippen molar-refractivity contribution in [1.29, 1.82) is 0 Å². The summed E-state index contributed by atoms with van der Waals surface area (Å²) in [7, 11) is 2.13. The smallest absolute Gasteiger partial charge is 0.270 e. The Morgan fingerprint density at radius 2 is 2.27 bits per heavy atom. The van der Waals surface area contributed by atoms with E-state index in [2.05, 4.69) is 41.1 Å². The minimum absolute atomic E-state index is 0.131. The number of hydrogen-bond donors (Lipinski definition) is 2. The van der Waals surface area contributed by atoms with E-state index < -0.39 is 6.10 Å². The molecule has 0 aromatic carbocycles. The maximum absolute atomic E-state index is 12.2. The van der Waals surface area contributed by atoms with E-state index in [4.69, 9.17) is 0 Å². The van der Waals surface area contributed by atoms with E-state index in [-0.39, 0.29) is 17.4 Å². The molecule has 2 N–H and O–H groups in total. The third kappa shape index (κ3) is 2.50. The lowest BCUT2D eigenvalue weighted by Gasteiger charge is -2.57. The molecular weight excluding hydrogens is 280 g/mol. The molecule has 120 valence electrons. The summed E-state index contributed by atoms with van der Waals surface area (Å²) < 4.78 is 0. The van der Waals surface area contributed by atoms with Crippen LogP contribution < -0.4 is 5.32 Å². The molecule has 22 heavy (non-hydrogen) atoms. The molecule has 6 nitrogen and oxygen atoms in total. The van der Waals surface area contributed by atoms with Gasteiger partial charge in [-0.05, 0) is 31.9 Å². The van der Waals surface area contributed by atoms with Crippen LogP contribution in [0.25, 0.3) is 0 Å². The fraction of sp³-hybridized carbons (Fsp3) is 0.688. The van der Waals surface area contributed by atoms with Gasteiger partial charge in [-0.2, -0.15) is 0 Å². The summed E-state index contributed by atoms with van der Waals surface area (Å²) in [6.45, 7) is 5.44. The normalized spacial score (nSPS) is 34.9. The van der Waals surface area contributed by atoms with Crippen molar-refractivity contribution in [1.82, 2.24) is 20.2 Å². The van der Waals surface area contributed by atoms with Crippen LogP contribution in [0.3, 0.4) is 0 Å². The number of nitrogens with one attached hydrogen (secondary N) is 1. The highest BCUT2D eigenvalue weighted by atomic mass is 16.3. The van der Waals surface area contributed by atoms with E-state index >= 15 is 0 Å². The molecule has 0 radical (unpaired) electrons. The second-order valence-corrected chi connectivity index (χ2v) is 7.12. The second-order valence-electron chi connectivity index (χ2n) is 7.12. The lowest BCUT2D eigenvalue weighted by atomic mass is 9.66. The van der Waals surface area contributed by atoms with E-state index in [1.54, 1.807) is 12.3 Å². The number of hydrogen-bond acceptors (Lipinski definition) is 5. The van der Waals surface area contributed by atoms with Crippen LogP contribution >= 0.6 is 0 Å². The van der Waals surface area contributed by atoms with Crippen molar-refractivity contribution in [2.24, 2.45) is 11.3 Å². The topological polar surface area (TPSA) is 78.4 Å². The van der Waals surface area contributed by atoms with Crippen molar-refractivity contribution in [3.05, 3.63) is 24.3 Å². The molecule has 2 unspecified atom stereocenters. The number of rotatable bonds is 3. The molecule has 6 heteroatoms. The highest BCUT2D eigenvalue weighted by Gasteiger charge is 2.58. The van der Waals surface area contributed by atoms with E-state index in [9.17, 15) is 9.90 Å². The summed E-state index contributed by atoms with van der Waals surface area (Å²) in [4.78, 5) is 22.3. The van der Waals surface area contributed by atoms with Crippen LogP contribution in [-0.2, 0) is 0 Å². The van der Waals surface area contributed by atoms with Crippen LogP contribution in [0.15, 0.2) is 18.6 Å². The Morgan fingerprint density at radius 3 is 2.86 bits per heavy atom. The minimum atomic E-state index is -0.485. The first kappa shape index (κ1) is 15.4. The summed E-state index contributed by atoms with van der Waals surface area (Å²) >= 11 is 0. The molecule has 2 fully saturated rings. The van der Waals surface area contributed by atoms with E-state index in [0.29, 0.717) is 17.7 Å². The number of carbonyl (C=O) groups excluding carboxylic acids is 1. The fourth-order valence-electron chi connectivity index (χ4n) is 4.66. The van der Waals surface area contributed by atoms with Crippen molar-refractivity contribution in [3.8, 4) is 0 Å². The Balaban J connectivity index is 1.68. The number of amides is 1. The predicted molar refractivity (Wildman–Crippen MR) is 82.2 cm³/mol. The zero-order valence-electron chi connectivity index (χ0n) is 13.4. The second kappa shape index (κ2) is 5.59. The number of aliphatic hydroxyl groups excluding tert-OH is 1. The molecule has 1 saturated heterocycles. The Labute approximate surface area is 131 Å². The van der Waals surface area contributed by atoms with Crippen molar-refractivity contribution in [2.45, 2.75) is 44.9 Å². The van der Waals surface area contributed by atoms with E-state index in [1.807, 2.05) is 0 Å². The summed E-state index contributed by atoms with van der Waals surface area (Å²) in [5, 5.41) is 13.4. The highest BCUT2D eigenvalue weighted by molar-refractivity contribution is 5.92. The Morgan fingerprint density at radius 1 is 1.50 bits per heavy atom. The van der Waals surface area contributed by atoms with Gasteiger partial charge in [0.25, 0.3) is 5.91 Å². The van der Waals surface area contributed by atoms with Crippen LogP contribution in [0.4, 0.5) is 0 Å². The Bertz CT molecular complexity index is 546. The standard InChI is InChI=1S/C16H24N4O2/c1-10(2)14-16(8-20(14)3)6-12(13(21)7-16)19-15(22)11-4-5-17-9-18-11/h4-5,9-10,12-14,21H,6-8H2,1-3H3,(H,19,22)/t12-,13-,14?,16?/m1/s1. The summed E-state index contributed by atoms with van der Waals surface area (Å²) in [6.07, 6.45) is 4.01. The van der Waals surface area contributed by atoms with Crippen LogP contribution in [0, 0.1) is 11.3 Å². The molecule has 1 amide bonds. The molecule has 3 rings (SSSR count). The molecular formula is C16H24N4O2. The molecule has 2 heterocycles. The SMILES string of the molecule is CC(C)C1N(C)CC12C[C@@H](O)[C@H](NC(=O)c1ccncn1)C2. The molecule has 1 saturated carbocycles. The summed E-state index contributed by atoms with van der Waals surface area (Å²) in [6, 6.07) is 1.86. The molecule has 0 bridgehead atoms. The lowest BCUT2D eigenvalue weighted by molar-refractivity contribution is -0.0827. The van der Waals surface area contributed by atoms with E-state index in [1.165, 1.54) is 6.33 Å². The number of carbonyl (C=O) groups is 1. The summed E-state index contributed by atoms with van der Waals surface area (Å²) in [5.74, 6) is 0.305. The van der Waals surface area contributed by atoms with Crippen LogP contribution in [-0.4, -0.2) is 57.7 Å². The molecule has 1 aromatic rings. The van der Waals surface area contributed by atoms with Gasteiger partial charge in [-0.15, -0.1) is 0 Å². The number of nitrogens with zero attached hydrogens (tertiary/aromatic N) is 3. The van der Waals surface area contributed by atoms with Gasteiger partial charge in [-0.25, -0.2) is 9.97 Å². The van der Waals surface area contributed by atoms with Gasteiger partial charge in [0.05, 0.1) is 12.1 Å². The fourth-order valence-corrected chi connectivity index (χ4v) is 4.66. The number of aliphatic hydroxyl groups is 1. The summed E-state index contributed by atoms with van der Waals surface area (Å²) in [5.41, 5.74) is 0.473. The van der Waals surface area contributed by atoms with Gasteiger partial charge in [-0.3, -0.25) is 4.79 Å². The number of likely N-dealkylation sites (tertiary alicyclic amines) is 1. The van der Waals surface area contributed by atoms with Crippen LogP contribution in [0.5, 0.6) is 0 Å². The van der Waals surface area contributed by atoms with Gasteiger partial charge in [0, 0.05) is 24.2 Å². The third-order valence-electron chi connectivity index (χ3n) is 5.14. The van der Waals surface area contributed by atoms with Crippen molar-refractivity contribution in [2.75, 3.05) is 13.6 Å². The number of aromatic nitrogens is 2. The Hall–Kier alpha value is -1.53. The average Bonchev–Trinajstić information content (AvgIpc) is 2.76. The third-order valence-corrected chi connectivity index (χ3v) is 5.14. The zero-order valence-corrected chi connectivity index (χ0v) is 13.4. The predicted octanol–water partition coefficient (Wildman–Crippen LogP) is 0.686. The van der Waals surface area contributed by atoms with Crippen molar-refractivity contribution < 1.29 is 9.90 Å². The molecule has 1 aliphatic carbocycles. The van der Waals surface area contributed by atoms with Gasteiger partial charge < -0.3 is 15.3 Å². The molecule has 4 atom stereocenters. The quantitative estimate of drug-likeness (QED) is 0.859. The molecule has 1 aliphatic heterocycles. The highest BCUT2D eigenvalue weighted by Crippen LogP contribution is 2.52. The van der Waals surface area contributed by atoms with Crippen LogP contribution in [0.2, 0.25) is 0 Å². The van der Waals surface area contributed by atoms with Gasteiger partial charge in [0.2, 0.25) is 0 Å². The first-order valence-electron chi connectivity index (χ1n) is 7.88.